The van der Waals surface area contributed by atoms with Crippen molar-refractivity contribution in [2.75, 3.05) is 36.5 Å². The molecule has 1 aromatic heterocycles. The lowest BCUT2D eigenvalue weighted by Crippen LogP contribution is -2.36. The second kappa shape index (κ2) is 6.89. The number of hydrogen-bond acceptors (Lipinski definition) is 4. The third-order valence-electron chi connectivity index (χ3n) is 3.46. The predicted molar refractivity (Wildman–Crippen MR) is 89.4 cm³/mol. The summed E-state index contributed by atoms with van der Waals surface area (Å²) in [6, 6.07) is 11.1. The minimum Gasteiger partial charge on any atom is -0.378 e. The van der Waals surface area contributed by atoms with Gasteiger partial charge in [0.1, 0.15) is 5.69 Å². The van der Waals surface area contributed by atoms with E-state index in [4.69, 9.17) is 4.74 Å². The Morgan fingerprint density at radius 3 is 2.50 bits per heavy atom. The third-order valence-corrected chi connectivity index (χ3v) is 3.99. The number of rotatable bonds is 3. The quantitative estimate of drug-likeness (QED) is 0.912. The summed E-state index contributed by atoms with van der Waals surface area (Å²) in [5.74, 6) is -0.212. The first-order valence-corrected chi connectivity index (χ1v) is 7.87. The fourth-order valence-corrected chi connectivity index (χ4v) is 2.52. The Balaban J connectivity index is 1.66. The van der Waals surface area contributed by atoms with Gasteiger partial charge in [-0.15, -0.1) is 0 Å². The minimum absolute atomic E-state index is 0.212. The zero-order valence-corrected chi connectivity index (χ0v) is 13.5. The lowest BCUT2D eigenvalue weighted by molar-refractivity contribution is 0.102. The molecule has 1 fully saturated rings. The van der Waals surface area contributed by atoms with Crippen LogP contribution in [0.5, 0.6) is 0 Å². The Morgan fingerprint density at radius 2 is 1.86 bits per heavy atom. The molecule has 0 bridgehead atoms. The first kappa shape index (κ1) is 15.0. The summed E-state index contributed by atoms with van der Waals surface area (Å²) in [7, 11) is 0. The molecule has 0 saturated carbocycles. The van der Waals surface area contributed by atoms with Crippen molar-refractivity contribution < 1.29 is 9.53 Å². The molecule has 1 aromatic carbocycles. The van der Waals surface area contributed by atoms with Gasteiger partial charge in [0.2, 0.25) is 0 Å². The van der Waals surface area contributed by atoms with E-state index in [1.54, 1.807) is 12.3 Å². The second-order valence-electron chi connectivity index (χ2n) is 4.96. The van der Waals surface area contributed by atoms with Crippen molar-refractivity contribution in [1.29, 1.82) is 0 Å². The molecule has 1 aliphatic rings. The number of carbonyl (C=O) groups excluding carboxylic acids is 1. The number of nitrogens with one attached hydrogen (secondary N) is 1. The first-order valence-electron chi connectivity index (χ1n) is 7.08. The fraction of sp³-hybridized carbons (Fsp3) is 0.250. The fourth-order valence-electron chi connectivity index (χ4n) is 2.26. The van der Waals surface area contributed by atoms with Crippen molar-refractivity contribution in [2.24, 2.45) is 0 Å². The molecule has 3 rings (SSSR count). The molecule has 2 aromatic rings. The molecule has 0 atom stereocenters. The van der Waals surface area contributed by atoms with Crippen LogP contribution in [-0.4, -0.2) is 37.2 Å². The van der Waals surface area contributed by atoms with Crippen LogP contribution in [0, 0.1) is 0 Å². The van der Waals surface area contributed by atoms with E-state index in [0.29, 0.717) is 5.69 Å². The van der Waals surface area contributed by atoms with E-state index in [1.807, 2.05) is 30.3 Å². The zero-order chi connectivity index (χ0) is 15.4. The van der Waals surface area contributed by atoms with Crippen molar-refractivity contribution in [3.8, 4) is 0 Å². The van der Waals surface area contributed by atoms with Crippen molar-refractivity contribution in [3.05, 3.63) is 52.8 Å². The molecule has 1 amide bonds. The average Bonchev–Trinajstić information content (AvgIpc) is 2.58. The number of nitrogens with zero attached hydrogens (tertiary/aromatic N) is 2. The van der Waals surface area contributed by atoms with Crippen molar-refractivity contribution in [3.63, 3.8) is 0 Å². The highest BCUT2D eigenvalue weighted by atomic mass is 79.9. The Bertz CT molecular complexity index is 637. The number of ether oxygens (including phenoxy) is 1. The van der Waals surface area contributed by atoms with Crippen LogP contribution < -0.4 is 10.2 Å². The monoisotopic (exact) mass is 361 g/mol. The van der Waals surface area contributed by atoms with Crippen LogP contribution in [-0.2, 0) is 4.74 Å². The molecule has 0 spiro atoms. The molecule has 0 aliphatic carbocycles. The molecule has 6 heteroatoms. The maximum Gasteiger partial charge on any atom is 0.274 e. The SMILES string of the molecule is O=C(Nc1ccc(Br)cc1)c1ccc(N2CCOCC2)cn1. The number of hydrogen-bond donors (Lipinski definition) is 1. The van der Waals surface area contributed by atoms with Crippen molar-refractivity contribution in [2.45, 2.75) is 0 Å². The molecule has 1 aliphatic heterocycles. The summed E-state index contributed by atoms with van der Waals surface area (Å²) in [5, 5.41) is 2.83. The topological polar surface area (TPSA) is 54.5 Å². The Kier molecular flexibility index (Phi) is 4.70. The van der Waals surface area contributed by atoms with E-state index >= 15 is 0 Å². The van der Waals surface area contributed by atoms with Gasteiger partial charge in [-0.05, 0) is 36.4 Å². The van der Waals surface area contributed by atoms with Crippen LogP contribution in [0.1, 0.15) is 10.5 Å². The molecule has 5 nitrogen and oxygen atoms in total. The molecular weight excluding hydrogens is 346 g/mol. The van der Waals surface area contributed by atoms with E-state index in [9.17, 15) is 4.79 Å². The number of pyridine rings is 1. The molecule has 2 heterocycles. The zero-order valence-electron chi connectivity index (χ0n) is 12.0. The number of anilines is 2. The number of aromatic nitrogens is 1. The van der Waals surface area contributed by atoms with Crippen LogP contribution in [0.4, 0.5) is 11.4 Å². The van der Waals surface area contributed by atoms with Crippen molar-refractivity contribution in [1.82, 2.24) is 4.98 Å². The summed E-state index contributed by atoms with van der Waals surface area (Å²) in [4.78, 5) is 18.6. The van der Waals surface area contributed by atoms with Gasteiger partial charge in [0.05, 0.1) is 25.1 Å². The molecule has 114 valence electrons. The highest BCUT2D eigenvalue weighted by molar-refractivity contribution is 9.10. The van der Waals surface area contributed by atoms with Gasteiger partial charge in [0.25, 0.3) is 5.91 Å². The van der Waals surface area contributed by atoms with Gasteiger partial charge in [-0.1, -0.05) is 15.9 Å². The van der Waals surface area contributed by atoms with Gasteiger partial charge in [-0.2, -0.15) is 0 Å². The summed E-state index contributed by atoms with van der Waals surface area (Å²) < 4.78 is 6.30. The van der Waals surface area contributed by atoms with Gasteiger partial charge < -0.3 is 15.0 Å². The number of amides is 1. The average molecular weight is 362 g/mol. The normalized spacial score (nSPS) is 14.7. The molecule has 0 unspecified atom stereocenters. The maximum absolute atomic E-state index is 12.2. The van der Waals surface area contributed by atoms with Gasteiger partial charge >= 0.3 is 0 Å². The summed E-state index contributed by atoms with van der Waals surface area (Å²) >= 11 is 3.36. The smallest absolute Gasteiger partial charge is 0.274 e. The number of morpholine rings is 1. The van der Waals surface area contributed by atoms with E-state index in [1.165, 1.54) is 0 Å². The molecule has 22 heavy (non-hydrogen) atoms. The van der Waals surface area contributed by atoms with Crippen LogP contribution in [0.3, 0.4) is 0 Å². The highest BCUT2D eigenvalue weighted by Crippen LogP contribution is 2.17. The van der Waals surface area contributed by atoms with E-state index in [2.05, 4.69) is 31.1 Å². The van der Waals surface area contributed by atoms with E-state index < -0.39 is 0 Å². The van der Waals surface area contributed by atoms with Crippen molar-refractivity contribution >= 4 is 33.2 Å². The third kappa shape index (κ3) is 3.64. The lowest BCUT2D eigenvalue weighted by Gasteiger charge is -2.28. The first-order chi connectivity index (χ1) is 10.7. The largest absolute Gasteiger partial charge is 0.378 e. The van der Waals surface area contributed by atoms with Crippen LogP contribution in [0.25, 0.3) is 0 Å². The predicted octanol–water partition coefficient (Wildman–Crippen LogP) is 2.93. The molecule has 0 radical (unpaired) electrons. The summed E-state index contributed by atoms with van der Waals surface area (Å²) in [5.41, 5.74) is 2.16. The Morgan fingerprint density at radius 1 is 1.14 bits per heavy atom. The second-order valence-corrected chi connectivity index (χ2v) is 5.88. The molecular formula is C16H16BrN3O2. The molecule has 1 saturated heterocycles. The van der Waals surface area contributed by atoms with Gasteiger partial charge in [0.15, 0.2) is 0 Å². The van der Waals surface area contributed by atoms with Crippen LogP contribution in [0.2, 0.25) is 0 Å². The summed E-state index contributed by atoms with van der Waals surface area (Å²) in [6.45, 7) is 3.16. The summed E-state index contributed by atoms with van der Waals surface area (Å²) in [6.07, 6.45) is 1.74. The Hall–Kier alpha value is -1.92. The van der Waals surface area contributed by atoms with Gasteiger partial charge in [0, 0.05) is 23.2 Å². The highest BCUT2D eigenvalue weighted by Gasteiger charge is 2.13. The number of benzene rings is 1. The molecule has 1 N–H and O–H groups in total. The van der Waals surface area contributed by atoms with Gasteiger partial charge in [-0.3, -0.25) is 4.79 Å². The van der Waals surface area contributed by atoms with E-state index in [0.717, 1.165) is 42.2 Å². The van der Waals surface area contributed by atoms with Gasteiger partial charge in [-0.25, -0.2) is 4.98 Å². The maximum atomic E-state index is 12.2. The standard InChI is InChI=1S/C16H16BrN3O2/c17-12-1-3-13(4-2-12)19-16(21)15-6-5-14(11-18-15)20-7-9-22-10-8-20/h1-6,11H,7-10H2,(H,19,21). The minimum atomic E-state index is -0.212. The van der Waals surface area contributed by atoms with E-state index in [-0.39, 0.29) is 5.91 Å². The number of carbonyl (C=O) groups is 1. The lowest BCUT2D eigenvalue weighted by atomic mass is 10.2. The van der Waals surface area contributed by atoms with Crippen LogP contribution >= 0.6 is 15.9 Å². The Labute approximate surface area is 137 Å². The van der Waals surface area contributed by atoms with Crippen LogP contribution in [0.15, 0.2) is 47.1 Å². The number of halogens is 1.